The topological polar surface area (TPSA) is 109 Å². The maximum absolute atomic E-state index is 9.53. The molecule has 166 valence electrons. The summed E-state index contributed by atoms with van der Waals surface area (Å²) in [6, 6.07) is 17.8. The number of hydrogen-bond acceptors (Lipinski definition) is 6. The van der Waals surface area contributed by atoms with Crippen molar-refractivity contribution in [3.8, 4) is 6.07 Å². The summed E-state index contributed by atoms with van der Waals surface area (Å²) in [6.45, 7) is 4.64. The number of nitriles is 1. The fourth-order valence-electron chi connectivity index (χ4n) is 3.96. The van der Waals surface area contributed by atoms with Gasteiger partial charge in [-0.2, -0.15) is 5.26 Å². The van der Waals surface area contributed by atoms with Gasteiger partial charge in [0.05, 0.1) is 30.7 Å². The third kappa shape index (κ3) is 6.20. The Morgan fingerprint density at radius 3 is 2.53 bits per heavy atom. The van der Waals surface area contributed by atoms with E-state index >= 15 is 0 Å². The van der Waals surface area contributed by atoms with Gasteiger partial charge in [0, 0.05) is 40.9 Å². The number of nitrogens with one attached hydrogen (secondary N) is 1. The molecule has 0 aliphatic carbocycles. The molecule has 1 atom stereocenters. The highest BCUT2D eigenvalue weighted by atomic mass is 32.2. The van der Waals surface area contributed by atoms with Gasteiger partial charge in [0.15, 0.2) is 0 Å². The number of aliphatic carboxylic acids is 2. The van der Waals surface area contributed by atoms with E-state index < -0.39 is 11.9 Å². The van der Waals surface area contributed by atoms with Crippen molar-refractivity contribution in [3.05, 3.63) is 71.3 Å². The molecule has 7 nitrogen and oxygen atoms in total. The van der Waals surface area contributed by atoms with Crippen molar-refractivity contribution < 1.29 is 24.7 Å². The van der Waals surface area contributed by atoms with Gasteiger partial charge in [-0.3, -0.25) is 4.90 Å². The van der Waals surface area contributed by atoms with E-state index in [1.165, 1.54) is 34.0 Å². The summed E-state index contributed by atoms with van der Waals surface area (Å²) in [5.74, 6) is -2.80. The Kier molecular flexibility index (Phi) is 8.06. The van der Waals surface area contributed by atoms with E-state index in [1.54, 1.807) is 4.90 Å². The summed E-state index contributed by atoms with van der Waals surface area (Å²) in [4.78, 5) is 25.7. The van der Waals surface area contributed by atoms with Crippen LogP contribution in [0.5, 0.6) is 0 Å². The first-order valence-electron chi connectivity index (χ1n) is 10.3. The summed E-state index contributed by atoms with van der Waals surface area (Å²) in [5.41, 5.74) is 3.57. The second-order valence-corrected chi connectivity index (χ2v) is 8.87. The van der Waals surface area contributed by atoms with Gasteiger partial charge in [-0.1, -0.05) is 30.0 Å². The molecule has 0 radical (unpaired) electrons. The summed E-state index contributed by atoms with van der Waals surface area (Å²) in [6.07, 6.45) is 2.00. The number of carbonyl (C=O) groups excluding carboxylic acids is 1. The van der Waals surface area contributed by atoms with Crippen LogP contribution < -0.4 is 10.0 Å². The number of hydrogen-bond donors (Lipinski definition) is 2. The van der Waals surface area contributed by atoms with Crippen molar-refractivity contribution in [1.82, 2.24) is 4.90 Å². The van der Waals surface area contributed by atoms with E-state index in [1.807, 2.05) is 17.8 Å². The van der Waals surface area contributed by atoms with Crippen molar-refractivity contribution >= 4 is 23.7 Å². The summed E-state index contributed by atoms with van der Waals surface area (Å²) in [5, 5.41) is 26.6. The molecule has 2 aromatic carbocycles. The summed E-state index contributed by atoms with van der Waals surface area (Å²) >= 11 is 1.86. The molecule has 1 fully saturated rings. The average Bonchev–Trinajstić information content (AvgIpc) is 2.95. The maximum atomic E-state index is 9.53. The number of piperazine rings is 1. The average molecular weight is 452 g/mol. The van der Waals surface area contributed by atoms with Gasteiger partial charge >= 0.3 is 5.97 Å². The van der Waals surface area contributed by atoms with Crippen LogP contribution in [-0.4, -0.2) is 55.2 Å². The lowest BCUT2D eigenvalue weighted by Crippen LogP contribution is -3.15. The van der Waals surface area contributed by atoms with E-state index in [2.05, 4.69) is 54.4 Å². The Hall–Kier alpha value is -3.12. The van der Waals surface area contributed by atoms with E-state index in [9.17, 15) is 20.0 Å². The van der Waals surface area contributed by atoms with Crippen molar-refractivity contribution in [2.24, 2.45) is 0 Å². The zero-order chi connectivity index (χ0) is 23.1. The highest BCUT2D eigenvalue weighted by Crippen LogP contribution is 2.40. The number of rotatable bonds is 3. The molecule has 4 rings (SSSR count). The number of carboxylic acid groups (broad SMARTS) is 2. The first kappa shape index (κ1) is 23.5. The number of benzene rings is 2. The molecule has 1 unspecified atom stereocenters. The molecule has 2 heterocycles. The van der Waals surface area contributed by atoms with Crippen LogP contribution in [0.1, 0.15) is 22.7 Å². The first-order valence-corrected chi connectivity index (χ1v) is 11.1. The zero-order valence-corrected chi connectivity index (χ0v) is 18.6. The van der Waals surface area contributed by atoms with Crippen molar-refractivity contribution in [2.45, 2.75) is 22.3 Å². The van der Waals surface area contributed by atoms with Crippen LogP contribution in [0.25, 0.3) is 0 Å². The SMILES string of the molecule is CN1CC[NH+](C2Cc3ccccc3Sc3ccc(C#N)cc32)CC1.O=C([O-])/C=C\C(=O)O. The number of quaternary nitrogens is 1. The minimum Gasteiger partial charge on any atom is -0.545 e. The smallest absolute Gasteiger partial charge is 0.328 e. The summed E-state index contributed by atoms with van der Waals surface area (Å²) < 4.78 is 0. The lowest BCUT2D eigenvalue weighted by molar-refractivity contribution is -0.935. The monoisotopic (exact) mass is 451 g/mol. The Bertz CT molecular complexity index is 1040. The van der Waals surface area contributed by atoms with Crippen LogP contribution >= 0.6 is 11.8 Å². The lowest BCUT2D eigenvalue weighted by Gasteiger charge is -2.35. The molecule has 1 saturated heterocycles. The van der Waals surface area contributed by atoms with Gasteiger partial charge in [-0.25, -0.2) is 4.79 Å². The van der Waals surface area contributed by atoms with Crippen LogP contribution in [-0.2, 0) is 16.0 Å². The number of nitrogens with zero attached hydrogens (tertiary/aromatic N) is 2. The van der Waals surface area contributed by atoms with Crippen LogP contribution in [0.2, 0.25) is 0 Å². The molecule has 0 saturated carbocycles. The molecule has 0 aromatic heterocycles. The Morgan fingerprint density at radius 2 is 1.91 bits per heavy atom. The van der Waals surface area contributed by atoms with Gasteiger partial charge < -0.3 is 19.9 Å². The van der Waals surface area contributed by atoms with Crippen LogP contribution in [0.15, 0.2) is 64.4 Å². The molecule has 2 aliphatic rings. The van der Waals surface area contributed by atoms with Gasteiger partial charge in [0.25, 0.3) is 0 Å². The van der Waals surface area contributed by atoms with Gasteiger partial charge in [0.1, 0.15) is 6.04 Å². The fourth-order valence-corrected chi connectivity index (χ4v) is 5.08. The van der Waals surface area contributed by atoms with Crippen LogP contribution in [0, 0.1) is 11.3 Å². The van der Waals surface area contributed by atoms with Gasteiger partial charge in [-0.15, -0.1) is 0 Å². The van der Waals surface area contributed by atoms with Crippen molar-refractivity contribution in [2.75, 3.05) is 33.2 Å². The number of likely N-dealkylation sites (N-methyl/N-ethyl adjacent to an activating group) is 1. The molecule has 32 heavy (non-hydrogen) atoms. The molecule has 0 amide bonds. The fraction of sp³-hybridized carbons (Fsp3) is 0.292. The molecular weight excluding hydrogens is 426 g/mol. The van der Waals surface area contributed by atoms with E-state index in [0.29, 0.717) is 18.2 Å². The Balaban J connectivity index is 0.000000312. The predicted molar refractivity (Wildman–Crippen MR) is 118 cm³/mol. The van der Waals surface area contributed by atoms with Crippen LogP contribution in [0.4, 0.5) is 0 Å². The number of carboxylic acids is 2. The minimum atomic E-state index is -1.51. The first-order chi connectivity index (χ1) is 15.4. The zero-order valence-electron chi connectivity index (χ0n) is 17.8. The largest absolute Gasteiger partial charge is 0.545 e. The maximum Gasteiger partial charge on any atom is 0.328 e. The van der Waals surface area contributed by atoms with E-state index in [4.69, 9.17) is 5.11 Å². The standard InChI is InChI=1S/C20H21N3S.C4H4O4/c1-22-8-10-23(11-9-22)18-13-16-4-2-3-5-19(16)24-20-7-6-15(14-21)12-17(18)20;5-3(6)1-2-4(7)8/h2-7,12,18H,8-11,13H2,1H3;1-2H,(H,5,6)(H,7,8)/b;2-1-. The third-order valence-electron chi connectivity index (χ3n) is 5.61. The number of carbonyl (C=O) groups is 2. The van der Waals surface area contributed by atoms with Gasteiger partial charge in [-0.05, 0) is 43.0 Å². The van der Waals surface area contributed by atoms with Crippen molar-refractivity contribution in [3.63, 3.8) is 0 Å². The molecule has 2 aliphatic heterocycles. The van der Waals surface area contributed by atoms with E-state index in [-0.39, 0.29) is 0 Å². The lowest BCUT2D eigenvalue weighted by atomic mass is 9.95. The number of fused-ring (bicyclic) bond motifs is 2. The Morgan fingerprint density at radius 1 is 1.19 bits per heavy atom. The van der Waals surface area contributed by atoms with Gasteiger partial charge in [0.2, 0.25) is 0 Å². The molecule has 0 bridgehead atoms. The molecule has 2 aromatic rings. The van der Waals surface area contributed by atoms with E-state index in [0.717, 1.165) is 25.1 Å². The molecule has 0 spiro atoms. The van der Waals surface area contributed by atoms with Crippen molar-refractivity contribution in [1.29, 1.82) is 5.26 Å². The second kappa shape index (κ2) is 11.0. The Labute approximate surface area is 191 Å². The third-order valence-corrected chi connectivity index (χ3v) is 6.82. The minimum absolute atomic E-state index is 0.443. The summed E-state index contributed by atoms with van der Waals surface area (Å²) in [7, 11) is 2.21. The predicted octanol–water partition coefficient (Wildman–Crippen LogP) is 0.514. The highest BCUT2D eigenvalue weighted by Gasteiger charge is 2.32. The molecular formula is C24H25N3O4S. The quantitative estimate of drug-likeness (QED) is 0.655. The molecule has 2 N–H and O–H groups in total. The molecule has 8 heteroatoms. The normalized spacial score (nSPS) is 18.4. The highest BCUT2D eigenvalue weighted by molar-refractivity contribution is 7.99. The van der Waals surface area contributed by atoms with Crippen LogP contribution in [0.3, 0.4) is 0 Å². The second-order valence-electron chi connectivity index (χ2n) is 7.78.